The molecule has 31 heavy (non-hydrogen) atoms. The van der Waals surface area contributed by atoms with Crippen LogP contribution in [-0.4, -0.2) is 54.2 Å². The van der Waals surface area contributed by atoms with Gasteiger partial charge in [-0.25, -0.2) is 0 Å². The summed E-state index contributed by atoms with van der Waals surface area (Å²) in [5.74, 6) is 0.813. The van der Waals surface area contributed by atoms with Crippen molar-refractivity contribution in [2.24, 2.45) is 0 Å². The minimum Gasteiger partial charge on any atom is -0.495 e. The summed E-state index contributed by atoms with van der Waals surface area (Å²) in [6.45, 7) is 6.89. The van der Waals surface area contributed by atoms with Gasteiger partial charge in [-0.15, -0.1) is 0 Å². The van der Waals surface area contributed by atoms with E-state index >= 15 is 0 Å². The fourth-order valence-electron chi connectivity index (χ4n) is 4.28. The largest absolute Gasteiger partial charge is 0.495 e. The Labute approximate surface area is 193 Å². The standard InChI is InChI=1S/C24H26Cl2N4O/c1-31-23-5-2-4-21-19(15-27)17-30(24(21)23)9-3-8-28-10-12-29(13-11-28)16-18-6-7-20(25)14-22(18)26/h2,4-7,14,17H,3,8-13,16H2,1H3. The molecule has 1 fully saturated rings. The van der Waals surface area contributed by atoms with E-state index in [9.17, 15) is 5.26 Å². The molecule has 0 N–H and O–H groups in total. The number of halogens is 2. The number of benzene rings is 2. The zero-order chi connectivity index (χ0) is 21.8. The summed E-state index contributed by atoms with van der Waals surface area (Å²) in [4.78, 5) is 4.95. The van der Waals surface area contributed by atoms with Crippen molar-refractivity contribution >= 4 is 34.1 Å². The maximum absolute atomic E-state index is 9.47. The molecule has 1 aliphatic heterocycles. The lowest BCUT2D eigenvalue weighted by Gasteiger charge is -2.35. The Kier molecular flexibility index (Phi) is 7.04. The molecule has 2 heterocycles. The summed E-state index contributed by atoms with van der Waals surface area (Å²) in [6, 6.07) is 13.9. The van der Waals surface area contributed by atoms with Crippen LogP contribution in [0, 0.1) is 11.3 Å². The van der Waals surface area contributed by atoms with E-state index in [-0.39, 0.29) is 0 Å². The Balaban J connectivity index is 1.30. The SMILES string of the molecule is COc1cccc2c(C#N)cn(CCCN3CCN(Cc4ccc(Cl)cc4Cl)CC3)c12. The molecule has 162 valence electrons. The van der Waals surface area contributed by atoms with Crippen LogP contribution in [0.4, 0.5) is 0 Å². The second kappa shape index (κ2) is 9.93. The van der Waals surface area contributed by atoms with Gasteiger partial charge in [0, 0.05) is 60.9 Å². The first kappa shape index (κ1) is 22.0. The highest BCUT2D eigenvalue weighted by Gasteiger charge is 2.18. The molecule has 1 saturated heterocycles. The molecule has 5 nitrogen and oxygen atoms in total. The van der Waals surface area contributed by atoms with Crippen molar-refractivity contribution in [1.29, 1.82) is 5.26 Å². The van der Waals surface area contributed by atoms with Gasteiger partial charge in [-0.3, -0.25) is 4.90 Å². The van der Waals surface area contributed by atoms with E-state index < -0.39 is 0 Å². The van der Waals surface area contributed by atoms with Crippen LogP contribution in [-0.2, 0) is 13.1 Å². The fourth-order valence-corrected chi connectivity index (χ4v) is 4.75. The van der Waals surface area contributed by atoms with Gasteiger partial charge < -0.3 is 14.2 Å². The number of hydrogen-bond acceptors (Lipinski definition) is 4. The van der Waals surface area contributed by atoms with E-state index in [1.54, 1.807) is 7.11 Å². The zero-order valence-corrected chi connectivity index (χ0v) is 19.2. The van der Waals surface area contributed by atoms with E-state index in [2.05, 4.69) is 20.4 Å². The second-order valence-corrected chi connectivity index (χ2v) is 8.76. The number of aromatic nitrogens is 1. The van der Waals surface area contributed by atoms with E-state index in [4.69, 9.17) is 27.9 Å². The molecule has 1 aliphatic rings. The van der Waals surface area contributed by atoms with Gasteiger partial charge in [0.15, 0.2) is 0 Å². The van der Waals surface area contributed by atoms with Crippen LogP contribution >= 0.6 is 23.2 Å². The summed E-state index contributed by atoms with van der Waals surface area (Å²) in [7, 11) is 1.68. The molecule has 0 amide bonds. The predicted octanol–water partition coefficient (Wildman–Crippen LogP) is 5.04. The molecule has 4 rings (SSSR count). The first-order valence-corrected chi connectivity index (χ1v) is 11.3. The van der Waals surface area contributed by atoms with Crippen molar-refractivity contribution in [1.82, 2.24) is 14.4 Å². The van der Waals surface area contributed by atoms with Crippen LogP contribution in [0.15, 0.2) is 42.6 Å². The number of piperazine rings is 1. The topological polar surface area (TPSA) is 44.4 Å². The highest BCUT2D eigenvalue weighted by Crippen LogP contribution is 2.30. The smallest absolute Gasteiger partial charge is 0.143 e. The van der Waals surface area contributed by atoms with Crippen molar-refractivity contribution in [2.75, 3.05) is 39.8 Å². The summed E-state index contributed by atoms with van der Waals surface area (Å²) >= 11 is 12.3. The quantitative estimate of drug-likeness (QED) is 0.499. The number of rotatable bonds is 7. The first-order valence-electron chi connectivity index (χ1n) is 10.5. The van der Waals surface area contributed by atoms with E-state index in [1.807, 2.05) is 42.6 Å². The maximum atomic E-state index is 9.47. The molecule has 7 heteroatoms. The van der Waals surface area contributed by atoms with Crippen molar-refractivity contribution in [3.63, 3.8) is 0 Å². The number of para-hydroxylation sites is 1. The number of hydrogen-bond donors (Lipinski definition) is 0. The summed E-state index contributed by atoms with van der Waals surface area (Å²) in [6.07, 6.45) is 2.97. The van der Waals surface area contributed by atoms with Crippen molar-refractivity contribution < 1.29 is 4.74 Å². The van der Waals surface area contributed by atoms with Gasteiger partial charge in [-0.1, -0.05) is 41.4 Å². The van der Waals surface area contributed by atoms with Crippen LogP contribution in [0.2, 0.25) is 10.0 Å². The number of nitriles is 1. The molecule has 0 aliphatic carbocycles. The van der Waals surface area contributed by atoms with E-state index in [0.717, 1.165) is 79.5 Å². The molecular weight excluding hydrogens is 431 g/mol. The Morgan fingerprint density at radius 1 is 1.03 bits per heavy atom. The summed E-state index contributed by atoms with van der Waals surface area (Å²) in [5.41, 5.74) is 2.83. The lowest BCUT2D eigenvalue weighted by atomic mass is 10.2. The van der Waals surface area contributed by atoms with Crippen LogP contribution in [0.3, 0.4) is 0 Å². The molecule has 2 aromatic carbocycles. The highest BCUT2D eigenvalue weighted by molar-refractivity contribution is 6.35. The molecule has 1 aromatic heterocycles. The predicted molar refractivity (Wildman–Crippen MR) is 126 cm³/mol. The monoisotopic (exact) mass is 456 g/mol. The fraction of sp³-hybridized carbons (Fsp3) is 0.375. The van der Waals surface area contributed by atoms with E-state index in [0.29, 0.717) is 10.6 Å². The lowest BCUT2D eigenvalue weighted by molar-refractivity contribution is 0.125. The van der Waals surface area contributed by atoms with Gasteiger partial charge in [-0.05, 0) is 36.7 Å². The number of nitrogens with zero attached hydrogens (tertiary/aromatic N) is 4. The maximum Gasteiger partial charge on any atom is 0.143 e. The molecular formula is C24H26Cl2N4O. The van der Waals surface area contributed by atoms with E-state index in [1.165, 1.54) is 0 Å². The minimum absolute atomic E-state index is 0.675. The third-order valence-electron chi connectivity index (χ3n) is 5.95. The van der Waals surface area contributed by atoms with Crippen molar-refractivity contribution in [3.8, 4) is 11.8 Å². The zero-order valence-electron chi connectivity index (χ0n) is 17.7. The van der Waals surface area contributed by atoms with Gasteiger partial charge in [-0.2, -0.15) is 5.26 Å². The molecule has 0 atom stereocenters. The Morgan fingerprint density at radius 2 is 1.81 bits per heavy atom. The Bertz CT molecular complexity index is 1100. The lowest BCUT2D eigenvalue weighted by Crippen LogP contribution is -2.46. The van der Waals surface area contributed by atoms with Gasteiger partial charge in [0.1, 0.15) is 11.8 Å². The third-order valence-corrected chi connectivity index (χ3v) is 6.54. The highest BCUT2D eigenvalue weighted by atomic mass is 35.5. The third kappa shape index (κ3) is 4.99. The molecule has 0 spiro atoms. The normalized spacial score (nSPS) is 15.3. The molecule has 0 saturated carbocycles. The number of fused-ring (bicyclic) bond motifs is 1. The molecule has 0 bridgehead atoms. The van der Waals surface area contributed by atoms with Crippen LogP contribution in [0.1, 0.15) is 17.5 Å². The molecule has 0 unspecified atom stereocenters. The van der Waals surface area contributed by atoms with Gasteiger partial charge >= 0.3 is 0 Å². The first-order chi connectivity index (χ1) is 15.1. The van der Waals surface area contributed by atoms with Gasteiger partial charge in [0.25, 0.3) is 0 Å². The molecule has 0 radical (unpaired) electrons. The molecule has 3 aromatic rings. The average Bonchev–Trinajstić information content (AvgIpc) is 3.15. The summed E-state index contributed by atoms with van der Waals surface area (Å²) in [5, 5.41) is 11.8. The number of aryl methyl sites for hydroxylation is 1. The van der Waals surface area contributed by atoms with Gasteiger partial charge in [0.2, 0.25) is 0 Å². The minimum atomic E-state index is 0.675. The Hall–Kier alpha value is -2.23. The van der Waals surface area contributed by atoms with Crippen molar-refractivity contribution in [2.45, 2.75) is 19.5 Å². The van der Waals surface area contributed by atoms with Crippen LogP contribution in [0.25, 0.3) is 10.9 Å². The van der Waals surface area contributed by atoms with Crippen molar-refractivity contribution in [3.05, 3.63) is 63.8 Å². The number of ether oxygens (including phenoxy) is 1. The van der Waals surface area contributed by atoms with Gasteiger partial charge in [0.05, 0.1) is 18.2 Å². The van der Waals surface area contributed by atoms with Crippen LogP contribution < -0.4 is 4.74 Å². The number of methoxy groups -OCH3 is 1. The summed E-state index contributed by atoms with van der Waals surface area (Å²) < 4.78 is 7.69. The van der Waals surface area contributed by atoms with Crippen LogP contribution in [0.5, 0.6) is 5.75 Å². The Morgan fingerprint density at radius 3 is 2.52 bits per heavy atom. The second-order valence-electron chi connectivity index (χ2n) is 7.91. The average molecular weight is 457 g/mol.